The zero-order chi connectivity index (χ0) is 15.2. The lowest BCUT2D eigenvalue weighted by atomic mass is 9.82. The molecule has 1 aromatic carbocycles. The van der Waals surface area contributed by atoms with Gasteiger partial charge in [0, 0.05) is 5.56 Å². The quantitative estimate of drug-likeness (QED) is 0.532. The van der Waals surface area contributed by atoms with Crippen molar-refractivity contribution in [2.24, 2.45) is 16.6 Å². The Hall–Kier alpha value is -2.04. The summed E-state index contributed by atoms with van der Waals surface area (Å²) in [5, 5.41) is 22.2. The van der Waals surface area contributed by atoms with Gasteiger partial charge < -0.3 is 16.2 Å². The third-order valence-electron chi connectivity index (χ3n) is 2.96. The van der Waals surface area contributed by atoms with Crippen molar-refractivity contribution in [2.75, 3.05) is 13.2 Å². The van der Waals surface area contributed by atoms with Gasteiger partial charge in [0.15, 0.2) is 0 Å². The first-order valence-corrected chi connectivity index (χ1v) is 5.95. The summed E-state index contributed by atoms with van der Waals surface area (Å²) in [5.41, 5.74) is 2.99. The van der Waals surface area contributed by atoms with E-state index in [0.717, 1.165) is 18.2 Å². The Morgan fingerprint density at radius 1 is 1.60 bits per heavy atom. The van der Waals surface area contributed by atoms with E-state index >= 15 is 0 Å². The van der Waals surface area contributed by atoms with Crippen molar-refractivity contribution in [2.45, 2.75) is 12.5 Å². The van der Waals surface area contributed by atoms with E-state index in [1.54, 1.807) is 0 Å². The van der Waals surface area contributed by atoms with Crippen molar-refractivity contribution in [3.8, 4) is 6.07 Å². The molecule has 2 atom stereocenters. The molecule has 20 heavy (non-hydrogen) atoms. The Bertz CT molecular complexity index is 530. The molecular formula is C13H16F2N4O. The molecule has 0 aromatic heterocycles. The number of hydrogen-bond acceptors (Lipinski definition) is 4. The smallest absolute Gasteiger partial charge is 0.129 e. The zero-order valence-electron chi connectivity index (χ0n) is 11.0. The lowest BCUT2D eigenvalue weighted by molar-refractivity contribution is 0.00503. The fourth-order valence-corrected chi connectivity index (χ4v) is 1.74. The predicted octanol–water partition coefficient (Wildman–Crippen LogP) is 0.846. The highest BCUT2D eigenvalue weighted by Crippen LogP contribution is 2.31. The van der Waals surface area contributed by atoms with E-state index in [0.29, 0.717) is 0 Å². The number of benzene rings is 1. The molecule has 0 spiro atoms. The summed E-state index contributed by atoms with van der Waals surface area (Å²) < 4.78 is 27.1. The van der Waals surface area contributed by atoms with Crippen molar-refractivity contribution in [1.82, 2.24) is 5.32 Å². The molecule has 2 unspecified atom stereocenters. The molecule has 0 radical (unpaired) electrons. The topological polar surface area (TPSA) is 94.4 Å². The van der Waals surface area contributed by atoms with Crippen LogP contribution in [-0.2, 0) is 5.60 Å². The molecule has 1 aromatic rings. The first-order chi connectivity index (χ1) is 9.45. The SMILES string of the molecule is CC(C#N)C(O)(CNC=NCN)c1cc(F)ccc1F. The Morgan fingerprint density at radius 3 is 2.90 bits per heavy atom. The fraction of sp³-hybridized carbons (Fsp3) is 0.385. The highest BCUT2D eigenvalue weighted by molar-refractivity contribution is 5.54. The molecular weight excluding hydrogens is 266 g/mol. The molecule has 0 aliphatic heterocycles. The van der Waals surface area contributed by atoms with Gasteiger partial charge in [-0.15, -0.1) is 0 Å². The van der Waals surface area contributed by atoms with Crippen LogP contribution in [-0.4, -0.2) is 24.7 Å². The van der Waals surface area contributed by atoms with Crippen molar-refractivity contribution in [3.63, 3.8) is 0 Å². The number of halogens is 2. The van der Waals surface area contributed by atoms with Crippen LogP contribution in [0.5, 0.6) is 0 Å². The average molecular weight is 282 g/mol. The van der Waals surface area contributed by atoms with Gasteiger partial charge in [-0.25, -0.2) is 8.78 Å². The Kier molecular flexibility index (Phi) is 5.55. The largest absolute Gasteiger partial charge is 0.382 e. The van der Waals surface area contributed by atoms with Crippen LogP contribution in [0.25, 0.3) is 0 Å². The number of aliphatic hydroxyl groups is 1. The molecule has 4 N–H and O–H groups in total. The van der Waals surface area contributed by atoms with Crippen molar-refractivity contribution < 1.29 is 13.9 Å². The van der Waals surface area contributed by atoms with Gasteiger partial charge in [0.05, 0.1) is 31.5 Å². The molecule has 0 saturated carbocycles. The second-order valence-electron chi connectivity index (χ2n) is 4.27. The van der Waals surface area contributed by atoms with Gasteiger partial charge in [0.25, 0.3) is 0 Å². The Labute approximate surface area is 115 Å². The second-order valence-corrected chi connectivity index (χ2v) is 4.27. The molecule has 108 valence electrons. The van der Waals surface area contributed by atoms with Gasteiger partial charge in [0.1, 0.15) is 17.2 Å². The molecule has 0 amide bonds. The van der Waals surface area contributed by atoms with Crippen LogP contribution >= 0.6 is 0 Å². The summed E-state index contributed by atoms with van der Waals surface area (Å²) in [5.74, 6) is -2.44. The number of hydrogen-bond donors (Lipinski definition) is 3. The monoisotopic (exact) mass is 282 g/mol. The summed E-state index contributed by atoms with van der Waals surface area (Å²) in [7, 11) is 0. The van der Waals surface area contributed by atoms with Crippen molar-refractivity contribution in [3.05, 3.63) is 35.4 Å². The van der Waals surface area contributed by atoms with Crippen LogP contribution in [0, 0.1) is 28.9 Å². The van der Waals surface area contributed by atoms with Crippen LogP contribution < -0.4 is 11.1 Å². The van der Waals surface area contributed by atoms with Crippen molar-refractivity contribution >= 4 is 6.34 Å². The van der Waals surface area contributed by atoms with Gasteiger partial charge in [-0.1, -0.05) is 0 Å². The number of rotatable bonds is 6. The van der Waals surface area contributed by atoms with Crippen LogP contribution in [0.15, 0.2) is 23.2 Å². The minimum Gasteiger partial charge on any atom is -0.382 e. The van der Waals surface area contributed by atoms with Gasteiger partial charge >= 0.3 is 0 Å². The molecule has 7 heteroatoms. The summed E-state index contributed by atoms with van der Waals surface area (Å²) >= 11 is 0. The minimum atomic E-state index is -1.89. The van der Waals surface area contributed by atoms with Crippen molar-refractivity contribution in [1.29, 1.82) is 5.26 Å². The van der Waals surface area contributed by atoms with Crippen LogP contribution in [0.3, 0.4) is 0 Å². The van der Waals surface area contributed by atoms with Gasteiger partial charge in [-0.2, -0.15) is 5.26 Å². The summed E-state index contributed by atoms with van der Waals surface area (Å²) in [4.78, 5) is 3.67. The second kappa shape index (κ2) is 6.93. The number of nitrogens with one attached hydrogen (secondary N) is 1. The van der Waals surface area contributed by atoms with E-state index in [-0.39, 0.29) is 18.8 Å². The first-order valence-electron chi connectivity index (χ1n) is 5.95. The summed E-state index contributed by atoms with van der Waals surface area (Å²) in [6.07, 6.45) is 1.24. The molecule has 0 aliphatic rings. The number of nitrogens with zero attached hydrogens (tertiary/aromatic N) is 2. The van der Waals surface area contributed by atoms with E-state index in [4.69, 9.17) is 11.0 Å². The highest BCUT2D eigenvalue weighted by Gasteiger charge is 2.38. The minimum absolute atomic E-state index is 0.0492. The molecule has 1 rings (SSSR count). The average Bonchev–Trinajstić information content (AvgIpc) is 2.45. The molecule has 5 nitrogen and oxygen atoms in total. The van der Waals surface area contributed by atoms with E-state index in [1.165, 1.54) is 13.3 Å². The third-order valence-corrected chi connectivity index (χ3v) is 2.96. The summed E-state index contributed by atoms with van der Waals surface area (Å²) in [6.45, 7) is 1.27. The summed E-state index contributed by atoms with van der Waals surface area (Å²) in [6, 6.07) is 4.58. The normalized spacial score (nSPS) is 15.6. The van der Waals surface area contributed by atoms with E-state index in [1.807, 2.05) is 6.07 Å². The van der Waals surface area contributed by atoms with E-state index in [9.17, 15) is 13.9 Å². The van der Waals surface area contributed by atoms with E-state index in [2.05, 4.69) is 10.3 Å². The van der Waals surface area contributed by atoms with Crippen LogP contribution in [0.1, 0.15) is 12.5 Å². The number of nitrogens with two attached hydrogens (primary N) is 1. The third kappa shape index (κ3) is 3.50. The molecule has 0 bridgehead atoms. The Morgan fingerprint density at radius 2 is 2.30 bits per heavy atom. The molecule has 0 aliphatic carbocycles. The van der Waals surface area contributed by atoms with Crippen LogP contribution in [0.4, 0.5) is 8.78 Å². The zero-order valence-corrected chi connectivity index (χ0v) is 11.0. The maximum atomic E-state index is 13.8. The van der Waals surface area contributed by atoms with Gasteiger partial charge in [0.2, 0.25) is 0 Å². The lowest BCUT2D eigenvalue weighted by Gasteiger charge is -2.31. The fourth-order valence-electron chi connectivity index (χ4n) is 1.74. The first kappa shape index (κ1) is 16.0. The van der Waals surface area contributed by atoms with E-state index < -0.39 is 23.2 Å². The number of aliphatic imine (C=N–C) groups is 1. The standard InChI is InChI=1S/C13H16F2N4O/c1-9(5-16)13(20,6-18-8-19-7-17)11-4-10(14)2-3-12(11)15/h2-4,8-9,20H,6-7,17H2,1H3,(H,18,19). The predicted molar refractivity (Wildman–Crippen MR) is 70.6 cm³/mol. The Balaban J connectivity index is 3.14. The maximum absolute atomic E-state index is 13.8. The van der Waals surface area contributed by atoms with Gasteiger partial charge in [-0.05, 0) is 25.1 Å². The highest BCUT2D eigenvalue weighted by atomic mass is 19.1. The molecule has 0 heterocycles. The van der Waals surface area contributed by atoms with Crippen LogP contribution in [0.2, 0.25) is 0 Å². The number of nitriles is 1. The lowest BCUT2D eigenvalue weighted by Crippen LogP contribution is -2.43. The van der Waals surface area contributed by atoms with Gasteiger partial charge in [-0.3, -0.25) is 4.99 Å². The maximum Gasteiger partial charge on any atom is 0.129 e. The molecule has 0 saturated heterocycles. The molecule has 0 fully saturated rings.